The van der Waals surface area contributed by atoms with Crippen molar-refractivity contribution in [2.45, 2.75) is 64.5 Å². The number of fused-ring (bicyclic) bond motifs is 1. The molecule has 1 aromatic rings. The number of piperazine rings is 1. The highest BCUT2D eigenvalue weighted by atomic mass is 32.2. The molecule has 0 unspecified atom stereocenters. The molecule has 202 valence electrons. The molecule has 0 radical (unpaired) electrons. The number of benzene rings is 1. The number of thioether (sulfide) groups is 1. The van der Waals surface area contributed by atoms with Gasteiger partial charge in [0.2, 0.25) is 0 Å². The van der Waals surface area contributed by atoms with E-state index in [0.29, 0.717) is 16.4 Å². The maximum absolute atomic E-state index is 13.3. The minimum Gasteiger partial charge on any atom is -0.457 e. The van der Waals surface area contributed by atoms with Gasteiger partial charge < -0.3 is 14.5 Å². The fourth-order valence-electron chi connectivity index (χ4n) is 5.29. The van der Waals surface area contributed by atoms with Crippen LogP contribution in [0, 0.1) is 0 Å². The topological polar surface area (TPSA) is 73.4 Å². The largest absolute Gasteiger partial charge is 0.457 e. The Labute approximate surface area is 229 Å². The number of rotatable bonds is 10. The van der Waals surface area contributed by atoms with E-state index in [0.717, 1.165) is 57.7 Å². The second-order valence-corrected chi connectivity index (χ2v) is 11.6. The zero-order chi connectivity index (χ0) is 26.6. The predicted molar refractivity (Wildman–Crippen MR) is 151 cm³/mol. The number of hydrogen-bond donors (Lipinski definition) is 0. The van der Waals surface area contributed by atoms with Gasteiger partial charge in [-0.3, -0.25) is 19.4 Å². The van der Waals surface area contributed by atoms with Gasteiger partial charge in [0.25, 0.3) is 11.1 Å². The normalized spacial score (nSPS) is 19.5. The minimum atomic E-state index is -0.702. The van der Waals surface area contributed by atoms with E-state index in [1.165, 1.54) is 37.4 Å². The van der Waals surface area contributed by atoms with E-state index in [9.17, 15) is 14.4 Å². The molecule has 3 aliphatic rings. The molecule has 0 atom stereocenters. The average molecular weight is 547 g/mol. The van der Waals surface area contributed by atoms with Gasteiger partial charge in [-0.05, 0) is 69.9 Å². The number of thiocarbonyl (C=S) groups is 1. The van der Waals surface area contributed by atoms with E-state index >= 15 is 0 Å². The lowest BCUT2D eigenvalue weighted by molar-refractivity contribution is -0.123. The first-order chi connectivity index (χ1) is 17.7. The van der Waals surface area contributed by atoms with Crippen molar-refractivity contribution in [2.75, 3.05) is 50.4 Å². The van der Waals surface area contributed by atoms with Gasteiger partial charge in [0.1, 0.15) is 12.1 Å². The first-order valence-electron chi connectivity index (χ1n) is 13.3. The van der Waals surface area contributed by atoms with Gasteiger partial charge in [-0.1, -0.05) is 37.4 Å². The summed E-state index contributed by atoms with van der Waals surface area (Å²) in [5.41, 5.74) is 1.34. The van der Waals surface area contributed by atoms with Crippen LogP contribution in [0.1, 0.15) is 68.3 Å². The number of ether oxygens (including phenoxy) is 1. The van der Waals surface area contributed by atoms with Crippen LogP contribution in [-0.2, 0) is 16.1 Å². The first-order valence-corrected chi connectivity index (χ1v) is 14.9. The molecule has 8 nitrogen and oxygen atoms in total. The van der Waals surface area contributed by atoms with E-state index in [1.54, 1.807) is 17.0 Å². The number of amides is 2. The molecule has 2 fully saturated rings. The van der Waals surface area contributed by atoms with Gasteiger partial charge in [-0.2, -0.15) is 0 Å². The van der Waals surface area contributed by atoms with E-state index < -0.39 is 5.54 Å². The Hall–Kier alpha value is -2.17. The Bertz CT molecular complexity index is 1040. The van der Waals surface area contributed by atoms with Crippen molar-refractivity contribution in [3.8, 4) is 0 Å². The zero-order valence-corrected chi connectivity index (χ0v) is 23.8. The molecule has 37 heavy (non-hydrogen) atoms. The van der Waals surface area contributed by atoms with Crippen LogP contribution in [0.5, 0.6) is 0 Å². The standard InChI is InChI=1S/C27H38N4O4S2/c1-27(2)24(33)31(21-10-11-22-20(18-21)19-35-23(22)32)25(36)30(27)13-9-7-5-4-6-8-12-28-14-16-29(17-15-28)26(34)37-3/h10-11,18H,4-9,12-17,19H2,1-3H3. The second kappa shape index (κ2) is 12.1. The summed E-state index contributed by atoms with van der Waals surface area (Å²) in [6.07, 6.45) is 8.74. The van der Waals surface area contributed by atoms with Crippen molar-refractivity contribution >= 4 is 51.9 Å². The summed E-state index contributed by atoms with van der Waals surface area (Å²) < 4.78 is 5.10. The average Bonchev–Trinajstić information content (AvgIpc) is 3.34. The Morgan fingerprint density at radius 3 is 2.32 bits per heavy atom. The number of anilines is 1. The predicted octanol–water partition coefficient (Wildman–Crippen LogP) is 4.51. The molecule has 3 aliphatic heterocycles. The van der Waals surface area contributed by atoms with E-state index in [4.69, 9.17) is 17.0 Å². The fraction of sp³-hybridized carbons (Fsp3) is 0.630. The van der Waals surface area contributed by atoms with Crippen LogP contribution >= 0.6 is 24.0 Å². The number of unbranched alkanes of at least 4 members (excludes halogenated alkanes) is 5. The lowest BCUT2D eigenvalue weighted by atomic mass is 10.0. The van der Waals surface area contributed by atoms with Crippen LogP contribution in [0.15, 0.2) is 18.2 Å². The van der Waals surface area contributed by atoms with Gasteiger partial charge in [0, 0.05) is 38.3 Å². The lowest BCUT2D eigenvalue weighted by Gasteiger charge is -2.34. The Morgan fingerprint density at radius 1 is 1.00 bits per heavy atom. The number of carbonyl (C=O) groups is 3. The SMILES string of the molecule is CSC(=O)N1CCN(CCCCCCCCN2C(=S)N(c3ccc4c(c3)COC4=O)C(=O)C2(C)C)CC1. The number of nitrogens with zero attached hydrogens (tertiary/aromatic N) is 4. The molecule has 2 saturated heterocycles. The summed E-state index contributed by atoms with van der Waals surface area (Å²) in [4.78, 5) is 44.9. The number of esters is 1. The van der Waals surface area contributed by atoms with Crippen LogP contribution in [-0.4, -0.2) is 88.0 Å². The van der Waals surface area contributed by atoms with Gasteiger partial charge in [0.05, 0.1) is 11.3 Å². The summed E-state index contributed by atoms with van der Waals surface area (Å²) in [5, 5.41) is 0.713. The van der Waals surface area contributed by atoms with E-state index in [-0.39, 0.29) is 23.7 Å². The molecule has 4 rings (SSSR count). The molecule has 10 heteroatoms. The molecule has 0 spiro atoms. The number of cyclic esters (lactones) is 1. The molecule has 0 aliphatic carbocycles. The monoisotopic (exact) mass is 546 g/mol. The molecular weight excluding hydrogens is 508 g/mol. The smallest absolute Gasteiger partial charge is 0.338 e. The second-order valence-electron chi connectivity index (χ2n) is 10.5. The van der Waals surface area contributed by atoms with Crippen molar-refractivity contribution in [1.29, 1.82) is 0 Å². The highest BCUT2D eigenvalue weighted by molar-refractivity contribution is 8.12. The van der Waals surface area contributed by atoms with E-state index in [2.05, 4.69) is 4.90 Å². The molecule has 0 bridgehead atoms. The summed E-state index contributed by atoms with van der Waals surface area (Å²) >= 11 is 7.05. The highest BCUT2D eigenvalue weighted by Crippen LogP contribution is 2.34. The van der Waals surface area contributed by atoms with Gasteiger partial charge in [0.15, 0.2) is 5.11 Å². The third kappa shape index (κ3) is 6.12. The summed E-state index contributed by atoms with van der Waals surface area (Å²) in [6.45, 7) is 9.59. The summed E-state index contributed by atoms with van der Waals surface area (Å²) in [7, 11) is 0. The number of hydrogen-bond acceptors (Lipinski definition) is 7. The molecule has 3 heterocycles. The van der Waals surface area contributed by atoms with Crippen molar-refractivity contribution in [3.63, 3.8) is 0 Å². The van der Waals surface area contributed by atoms with E-state index in [1.807, 2.05) is 36.0 Å². The zero-order valence-electron chi connectivity index (χ0n) is 22.2. The summed E-state index contributed by atoms with van der Waals surface area (Å²) in [5.74, 6) is -0.359. The molecule has 0 aromatic heterocycles. The fourth-order valence-corrected chi connectivity index (χ4v) is 6.24. The van der Waals surface area contributed by atoms with Crippen LogP contribution in [0.2, 0.25) is 0 Å². The van der Waals surface area contributed by atoms with Crippen LogP contribution in [0.4, 0.5) is 10.5 Å². The van der Waals surface area contributed by atoms with Gasteiger partial charge in [-0.25, -0.2) is 4.79 Å². The third-order valence-corrected chi connectivity index (χ3v) is 8.67. The Kier molecular flexibility index (Phi) is 9.13. The molecule has 1 aromatic carbocycles. The highest BCUT2D eigenvalue weighted by Gasteiger charge is 2.49. The van der Waals surface area contributed by atoms with Crippen molar-refractivity contribution in [1.82, 2.24) is 14.7 Å². The van der Waals surface area contributed by atoms with Crippen molar-refractivity contribution < 1.29 is 19.1 Å². The Morgan fingerprint density at radius 2 is 1.65 bits per heavy atom. The van der Waals surface area contributed by atoms with Crippen LogP contribution in [0.3, 0.4) is 0 Å². The third-order valence-electron chi connectivity index (χ3n) is 7.66. The van der Waals surface area contributed by atoms with Crippen molar-refractivity contribution in [3.05, 3.63) is 29.3 Å². The Balaban J connectivity index is 1.16. The maximum Gasteiger partial charge on any atom is 0.338 e. The molecule has 0 saturated carbocycles. The molecule has 0 N–H and O–H groups in total. The first kappa shape index (κ1) is 27.9. The summed E-state index contributed by atoms with van der Waals surface area (Å²) in [6, 6.07) is 5.34. The van der Waals surface area contributed by atoms with Gasteiger partial charge >= 0.3 is 5.97 Å². The van der Waals surface area contributed by atoms with Gasteiger partial charge in [-0.15, -0.1) is 0 Å². The lowest BCUT2D eigenvalue weighted by Crippen LogP contribution is -2.47. The minimum absolute atomic E-state index is 0.0404. The maximum atomic E-state index is 13.3. The van der Waals surface area contributed by atoms with Crippen LogP contribution < -0.4 is 4.90 Å². The molecule has 2 amide bonds. The quantitative estimate of drug-likeness (QED) is 0.241. The van der Waals surface area contributed by atoms with Crippen molar-refractivity contribution in [2.24, 2.45) is 0 Å². The molecular formula is C27H38N4O4S2. The van der Waals surface area contributed by atoms with Crippen LogP contribution in [0.25, 0.3) is 0 Å². The number of carbonyl (C=O) groups excluding carboxylic acids is 3.